The molecule has 3 rings (SSSR count). The highest BCUT2D eigenvalue weighted by molar-refractivity contribution is 7.89. The fourth-order valence-corrected chi connectivity index (χ4v) is 5.08. The number of hydrogen-bond acceptors (Lipinski definition) is 7. The average molecular weight is 461 g/mol. The summed E-state index contributed by atoms with van der Waals surface area (Å²) in [4.78, 5) is 36.0. The van der Waals surface area contributed by atoms with Gasteiger partial charge in [-0.15, -0.1) is 0 Å². The Hall–Kier alpha value is -3.15. The number of nitro benzene ring substituents is 1. The van der Waals surface area contributed by atoms with Crippen LogP contribution < -0.4 is 5.32 Å². The standard InChI is InChI=1S/C21H24N4O6S/c1-15(21(27)22-18-9-7-17(8-10-18)16(2)26)23-11-13-24(14-12-23)32(30,31)20-6-4-3-5-19(20)25(28)29/h3-10,15H,11-14H2,1-2H3,(H,22,27). The second kappa shape index (κ2) is 9.55. The van der Waals surface area contributed by atoms with Gasteiger partial charge in [0.1, 0.15) is 0 Å². The summed E-state index contributed by atoms with van der Waals surface area (Å²) in [5.74, 6) is -0.319. The number of Topliss-reactive ketones (excluding diaryl/α,β-unsaturated/α-hetero) is 1. The van der Waals surface area contributed by atoms with Gasteiger partial charge in [0.15, 0.2) is 10.7 Å². The molecule has 1 amide bonds. The van der Waals surface area contributed by atoms with E-state index < -0.39 is 26.7 Å². The number of nitrogens with zero attached hydrogens (tertiary/aromatic N) is 3. The zero-order valence-electron chi connectivity index (χ0n) is 17.7. The molecule has 0 saturated carbocycles. The van der Waals surface area contributed by atoms with Crippen molar-refractivity contribution in [2.75, 3.05) is 31.5 Å². The number of carbonyl (C=O) groups excluding carboxylic acids is 2. The average Bonchev–Trinajstić information content (AvgIpc) is 2.79. The topological polar surface area (TPSA) is 130 Å². The fourth-order valence-electron chi connectivity index (χ4n) is 3.50. The van der Waals surface area contributed by atoms with Crippen molar-refractivity contribution in [1.29, 1.82) is 0 Å². The third-order valence-electron chi connectivity index (χ3n) is 5.44. The number of ketones is 1. The molecule has 1 heterocycles. The Morgan fingerprint density at radius 1 is 1.03 bits per heavy atom. The van der Waals surface area contributed by atoms with Crippen molar-refractivity contribution >= 4 is 33.1 Å². The molecule has 1 N–H and O–H groups in total. The molecule has 11 heteroatoms. The second-order valence-corrected chi connectivity index (χ2v) is 9.37. The predicted molar refractivity (Wildman–Crippen MR) is 118 cm³/mol. The molecule has 2 aromatic rings. The molecule has 0 aliphatic carbocycles. The summed E-state index contributed by atoms with van der Waals surface area (Å²) >= 11 is 0. The zero-order chi connectivity index (χ0) is 23.5. The zero-order valence-corrected chi connectivity index (χ0v) is 18.5. The monoisotopic (exact) mass is 460 g/mol. The number of carbonyl (C=O) groups is 2. The summed E-state index contributed by atoms with van der Waals surface area (Å²) < 4.78 is 27.1. The maximum Gasteiger partial charge on any atom is 0.289 e. The van der Waals surface area contributed by atoms with Gasteiger partial charge in [-0.25, -0.2) is 8.42 Å². The van der Waals surface area contributed by atoms with E-state index in [1.54, 1.807) is 31.2 Å². The first-order valence-electron chi connectivity index (χ1n) is 10.0. The summed E-state index contributed by atoms with van der Waals surface area (Å²) in [6.45, 7) is 4.02. The Morgan fingerprint density at radius 3 is 2.19 bits per heavy atom. The number of amides is 1. The number of para-hydroxylation sites is 1. The first kappa shape index (κ1) is 23.5. The van der Waals surface area contributed by atoms with Crippen molar-refractivity contribution in [3.8, 4) is 0 Å². The van der Waals surface area contributed by atoms with Crippen LogP contribution in [0.4, 0.5) is 11.4 Å². The smallest absolute Gasteiger partial charge is 0.289 e. The first-order valence-corrected chi connectivity index (χ1v) is 11.4. The van der Waals surface area contributed by atoms with E-state index in [-0.39, 0.29) is 29.7 Å². The van der Waals surface area contributed by atoms with Gasteiger partial charge in [0.2, 0.25) is 15.9 Å². The number of nitro groups is 1. The molecule has 0 aromatic heterocycles. The predicted octanol–water partition coefficient (Wildman–Crippen LogP) is 2.13. The molecule has 170 valence electrons. The van der Waals surface area contributed by atoms with Gasteiger partial charge in [-0.05, 0) is 44.2 Å². The number of anilines is 1. The summed E-state index contributed by atoms with van der Waals surface area (Å²) in [5, 5.41) is 14.0. The van der Waals surface area contributed by atoms with E-state index in [1.165, 1.54) is 35.5 Å². The summed E-state index contributed by atoms with van der Waals surface area (Å²) in [6, 6.07) is 11.3. The lowest BCUT2D eigenvalue weighted by molar-refractivity contribution is -0.387. The lowest BCUT2D eigenvalue weighted by Crippen LogP contribution is -2.53. The maximum absolute atomic E-state index is 12.9. The number of nitrogens with one attached hydrogen (secondary N) is 1. The van der Waals surface area contributed by atoms with Gasteiger partial charge in [0.25, 0.3) is 5.69 Å². The summed E-state index contributed by atoms with van der Waals surface area (Å²) in [7, 11) is -4.03. The molecule has 1 fully saturated rings. The van der Waals surface area contributed by atoms with Crippen LogP contribution in [0.3, 0.4) is 0 Å². The minimum absolute atomic E-state index is 0.0649. The molecule has 0 spiro atoms. The highest BCUT2D eigenvalue weighted by Crippen LogP contribution is 2.27. The summed E-state index contributed by atoms with van der Waals surface area (Å²) in [6.07, 6.45) is 0. The molecule has 32 heavy (non-hydrogen) atoms. The molecule has 1 unspecified atom stereocenters. The quantitative estimate of drug-likeness (QED) is 0.380. The van der Waals surface area contributed by atoms with E-state index in [4.69, 9.17) is 0 Å². The normalized spacial score (nSPS) is 16.3. The van der Waals surface area contributed by atoms with Crippen LogP contribution in [-0.4, -0.2) is 66.5 Å². The minimum Gasteiger partial charge on any atom is -0.325 e. The number of sulfonamides is 1. The van der Waals surface area contributed by atoms with E-state index in [9.17, 15) is 28.1 Å². The summed E-state index contributed by atoms with van der Waals surface area (Å²) in [5.41, 5.74) is 0.648. The molecule has 0 radical (unpaired) electrons. The van der Waals surface area contributed by atoms with Crippen molar-refractivity contribution < 1.29 is 22.9 Å². The van der Waals surface area contributed by atoms with E-state index in [0.29, 0.717) is 24.3 Å². The van der Waals surface area contributed by atoms with Crippen LogP contribution in [0.1, 0.15) is 24.2 Å². The number of rotatable bonds is 7. The number of piperazine rings is 1. The first-order chi connectivity index (χ1) is 15.1. The Labute approximate surface area is 186 Å². The van der Waals surface area contributed by atoms with Crippen molar-refractivity contribution in [1.82, 2.24) is 9.21 Å². The molecule has 0 bridgehead atoms. The Bertz CT molecular complexity index is 1130. The van der Waals surface area contributed by atoms with Crippen molar-refractivity contribution in [3.05, 3.63) is 64.2 Å². The Balaban J connectivity index is 1.63. The molecular weight excluding hydrogens is 436 g/mol. The second-order valence-electron chi connectivity index (χ2n) is 7.46. The van der Waals surface area contributed by atoms with Crippen molar-refractivity contribution in [3.63, 3.8) is 0 Å². The van der Waals surface area contributed by atoms with Crippen molar-refractivity contribution in [2.45, 2.75) is 24.8 Å². The van der Waals surface area contributed by atoms with Gasteiger partial charge < -0.3 is 5.32 Å². The van der Waals surface area contributed by atoms with Gasteiger partial charge in [-0.3, -0.25) is 24.6 Å². The van der Waals surface area contributed by atoms with Gasteiger partial charge in [0, 0.05) is 43.5 Å². The van der Waals surface area contributed by atoms with E-state index in [0.717, 1.165) is 0 Å². The molecule has 1 atom stereocenters. The van der Waals surface area contributed by atoms with Gasteiger partial charge in [0.05, 0.1) is 11.0 Å². The van der Waals surface area contributed by atoms with E-state index in [2.05, 4.69) is 5.32 Å². The molecule has 1 aliphatic heterocycles. The van der Waals surface area contributed by atoms with Crippen LogP contribution in [0.2, 0.25) is 0 Å². The SMILES string of the molecule is CC(=O)c1ccc(NC(=O)C(C)N2CCN(S(=O)(=O)c3ccccc3[N+](=O)[O-])CC2)cc1. The van der Waals surface area contributed by atoms with Crippen molar-refractivity contribution in [2.24, 2.45) is 0 Å². The highest BCUT2D eigenvalue weighted by Gasteiger charge is 2.35. The van der Waals surface area contributed by atoms with E-state index >= 15 is 0 Å². The van der Waals surface area contributed by atoms with Crippen LogP contribution in [0.5, 0.6) is 0 Å². The van der Waals surface area contributed by atoms with Crippen LogP contribution in [0.15, 0.2) is 53.4 Å². The lowest BCUT2D eigenvalue weighted by atomic mass is 10.1. The van der Waals surface area contributed by atoms with Gasteiger partial charge in [-0.2, -0.15) is 4.31 Å². The van der Waals surface area contributed by atoms with Gasteiger partial charge >= 0.3 is 0 Å². The highest BCUT2D eigenvalue weighted by atomic mass is 32.2. The maximum atomic E-state index is 12.9. The number of hydrogen-bond donors (Lipinski definition) is 1. The molecule has 10 nitrogen and oxygen atoms in total. The largest absolute Gasteiger partial charge is 0.325 e. The Morgan fingerprint density at radius 2 is 1.62 bits per heavy atom. The lowest BCUT2D eigenvalue weighted by Gasteiger charge is -2.36. The number of benzene rings is 2. The fraction of sp³-hybridized carbons (Fsp3) is 0.333. The Kier molecular flexibility index (Phi) is 7.02. The third kappa shape index (κ3) is 5.01. The van der Waals surface area contributed by atoms with Gasteiger partial charge in [-0.1, -0.05) is 12.1 Å². The molecule has 2 aromatic carbocycles. The minimum atomic E-state index is -4.03. The van der Waals surface area contributed by atoms with Crippen LogP contribution >= 0.6 is 0 Å². The molecule has 1 saturated heterocycles. The van der Waals surface area contributed by atoms with Crippen LogP contribution in [0, 0.1) is 10.1 Å². The molecular formula is C21H24N4O6S. The van der Waals surface area contributed by atoms with E-state index in [1.807, 2.05) is 4.90 Å². The molecule has 1 aliphatic rings. The third-order valence-corrected chi connectivity index (χ3v) is 7.39. The van der Waals surface area contributed by atoms with Crippen LogP contribution in [0.25, 0.3) is 0 Å². The van der Waals surface area contributed by atoms with Crippen LogP contribution in [-0.2, 0) is 14.8 Å².